The summed E-state index contributed by atoms with van der Waals surface area (Å²) in [5.41, 5.74) is 0.672. The Hall–Kier alpha value is -1.43. The standard InChI is InChI=1S/C9H12N2O3S/c1-15(14)5-4-10-7-2-3-11-8(6-7)9(12)13/h2-3,6H,4-5H2,1H3,(H,10,11)(H,12,13). The lowest BCUT2D eigenvalue weighted by atomic mass is 10.3. The lowest BCUT2D eigenvalue weighted by Crippen LogP contribution is -2.10. The monoisotopic (exact) mass is 228 g/mol. The second kappa shape index (κ2) is 5.45. The van der Waals surface area contributed by atoms with Gasteiger partial charge in [0.25, 0.3) is 0 Å². The molecule has 15 heavy (non-hydrogen) atoms. The van der Waals surface area contributed by atoms with E-state index < -0.39 is 16.8 Å². The van der Waals surface area contributed by atoms with Crippen LogP contribution in [0.2, 0.25) is 0 Å². The van der Waals surface area contributed by atoms with Gasteiger partial charge in [0.1, 0.15) is 5.69 Å². The molecule has 0 amide bonds. The molecule has 5 nitrogen and oxygen atoms in total. The van der Waals surface area contributed by atoms with Crippen molar-refractivity contribution in [3.63, 3.8) is 0 Å². The number of hydrogen-bond donors (Lipinski definition) is 2. The van der Waals surface area contributed by atoms with Crippen molar-refractivity contribution < 1.29 is 14.1 Å². The smallest absolute Gasteiger partial charge is 0.354 e. The molecule has 2 N–H and O–H groups in total. The number of aromatic carboxylic acids is 1. The van der Waals surface area contributed by atoms with E-state index in [0.717, 1.165) is 0 Å². The van der Waals surface area contributed by atoms with Crippen LogP contribution in [-0.4, -0.2) is 38.8 Å². The van der Waals surface area contributed by atoms with Crippen LogP contribution in [0.4, 0.5) is 5.69 Å². The Morgan fingerprint density at radius 2 is 2.40 bits per heavy atom. The third-order valence-electron chi connectivity index (χ3n) is 1.70. The van der Waals surface area contributed by atoms with Crippen LogP contribution in [0.25, 0.3) is 0 Å². The Morgan fingerprint density at radius 3 is 3.00 bits per heavy atom. The SMILES string of the molecule is CS(=O)CCNc1ccnc(C(=O)O)c1. The number of carbonyl (C=O) groups is 1. The molecular formula is C9H12N2O3S. The van der Waals surface area contributed by atoms with E-state index in [1.54, 1.807) is 12.3 Å². The quantitative estimate of drug-likeness (QED) is 0.770. The Balaban J connectivity index is 2.58. The van der Waals surface area contributed by atoms with Crippen LogP contribution in [-0.2, 0) is 10.8 Å². The van der Waals surface area contributed by atoms with Crippen LogP contribution < -0.4 is 5.32 Å². The summed E-state index contributed by atoms with van der Waals surface area (Å²) in [7, 11) is -0.848. The molecular weight excluding hydrogens is 216 g/mol. The molecule has 82 valence electrons. The number of nitrogens with zero attached hydrogens (tertiary/aromatic N) is 1. The molecule has 1 atom stereocenters. The molecule has 1 unspecified atom stereocenters. The van der Waals surface area contributed by atoms with Gasteiger partial charge in [-0.3, -0.25) is 4.21 Å². The Morgan fingerprint density at radius 1 is 1.67 bits per heavy atom. The van der Waals surface area contributed by atoms with E-state index in [1.807, 2.05) is 0 Å². The van der Waals surface area contributed by atoms with E-state index in [0.29, 0.717) is 18.0 Å². The van der Waals surface area contributed by atoms with Gasteiger partial charge < -0.3 is 10.4 Å². The molecule has 0 aliphatic rings. The second-order valence-corrected chi connectivity index (χ2v) is 4.49. The van der Waals surface area contributed by atoms with Crippen LogP contribution in [0, 0.1) is 0 Å². The lowest BCUT2D eigenvalue weighted by molar-refractivity contribution is 0.0690. The molecule has 0 aliphatic carbocycles. The van der Waals surface area contributed by atoms with E-state index >= 15 is 0 Å². The highest BCUT2D eigenvalue weighted by molar-refractivity contribution is 7.84. The first-order chi connectivity index (χ1) is 7.09. The average Bonchev–Trinajstić information content (AvgIpc) is 2.17. The van der Waals surface area contributed by atoms with Crippen LogP contribution in [0.15, 0.2) is 18.3 Å². The van der Waals surface area contributed by atoms with Gasteiger partial charge in [0.15, 0.2) is 0 Å². The van der Waals surface area contributed by atoms with Gasteiger partial charge in [-0.2, -0.15) is 0 Å². The van der Waals surface area contributed by atoms with Crippen LogP contribution in [0.5, 0.6) is 0 Å². The number of aromatic nitrogens is 1. The van der Waals surface area contributed by atoms with Crippen molar-refractivity contribution in [1.82, 2.24) is 4.98 Å². The molecule has 0 radical (unpaired) electrons. The highest BCUT2D eigenvalue weighted by Gasteiger charge is 2.04. The van der Waals surface area contributed by atoms with Crippen molar-refractivity contribution in [2.24, 2.45) is 0 Å². The summed E-state index contributed by atoms with van der Waals surface area (Å²) in [6.45, 7) is 0.548. The first kappa shape index (κ1) is 11.6. The number of carboxylic acids is 1. The topological polar surface area (TPSA) is 79.3 Å². The minimum absolute atomic E-state index is 0.00220. The highest BCUT2D eigenvalue weighted by Crippen LogP contribution is 2.07. The third-order valence-corrected chi connectivity index (χ3v) is 2.48. The van der Waals surface area contributed by atoms with E-state index in [2.05, 4.69) is 10.3 Å². The zero-order chi connectivity index (χ0) is 11.3. The lowest BCUT2D eigenvalue weighted by Gasteiger charge is -2.04. The van der Waals surface area contributed by atoms with Crippen molar-refractivity contribution in [2.75, 3.05) is 23.9 Å². The van der Waals surface area contributed by atoms with Gasteiger partial charge >= 0.3 is 5.97 Å². The summed E-state index contributed by atoms with van der Waals surface area (Å²) in [6.07, 6.45) is 3.05. The van der Waals surface area contributed by atoms with Gasteiger partial charge in [0, 0.05) is 41.2 Å². The molecule has 6 heteroatoms. The normalized spacial score (nSPS) is 12.1. The summed E-state index contributed by atoms with van der Waals surface area (Å²) < 4.78 is 10.8. The van der Waals surface area contributed by atoms with E-state index in [1.165, 1.54) is 12.3 Å². The fourth-order valence-electron chi connectivity index (χ4n) is 0.997. The molecule has 1 rings (SSSR count). The molecule has 1 aromatic rings. The number of carboxylic acid groups (broad SMARTS) is 1. The van der Waals surface area contributed by atoms with Crippen LogP contribution in [0.1, 0.15) is 10.5 Å². The predicted octanol–water partition coefficient (Wildman–Crippen LogP) is 0.570. The number of rotatable bonds is 5. The summed E-state index contributed by atoms with van der Waals surface area (Å²) in [5, 5.41) is 11.7. The summed E-state index contributed by atoms with van der Waals surface area (Å²) in [6, 6.07) is 3.12. The fraction of sp³-hybridized carbons (Fsp3) is 0.333. The van der Waals surface area contributed by atoms with Gasteiger partial charge in [0.05, 0.1) is 0 Å². The van der Waals surface area contributed by atoms with Gasteiger partial charge in [-0.15, -0.1) is 0 Å². The number of hydrogen-bond acceptors (Lipinski definition) is 4. The molecule has 1 aromatic heterocycles. The van der Waals surface area contributed by atoms with E-state index in [-0.39, 0.29) is 5.69 Å². The first-order valence-electron chi connectivity index (χ1n) is 4.33. The zero-order valence-electron chi connectivity index (χ0n) is 8.27. The Bertz CT molecular complexity index is 381. The van der Waals surface area contributed by atoms with Gasteiger partial charge in [-0.25, -0.2) is 9.78 Å². The molecule has 0 aliphatic heterocycles. The first-order valence-corrected chi connectivity index (χ1v) is 6.05. The number of pyridine rings is 1. The molecule has 0 bridgehead atoms. The van der Waals surface area contributed by atoms with Crippen molar-refractivity contribution in [1.29, 1.82) is 0 Å². The fourth-order valence-corrected chi connectivity index (χ4v) is 1.39. The average molecular weight is 228 g/mol. The highest BCUT2D eigenvalue weighted by atomic mass is 32.2. The van der Waals surface area contributed by atoms with Crippen molar-refractivity contribution in [2.45, 2.75) is 0 Å². The maximum absolute atomic E-state index is 10.8. The van der Waals surface area contributed by atoms with E-state index in [4.69, 9.17) is 5.11 Å². The van der Waals surface area contributed by atoms with E-state index in [9.17, 15) is 9.00 Å². The van der Waals surface area contributed by atoms with Crippen molar-refractivity contribution in [3.05, 3.63) is 24.0 Å². The maximum atomic E-state index is 10.8. The third kappa shape index (κ3) is 4.07. The minimum Gasteiger partial charge on any atom is -0.477 e. The molecule has 0 aromatic carbocycles. The molecule has 0 spiro atoms. The van der Waals surface area contributed by atoms with Gasteiger partial charge in [-0.05, 0) is 12.1 Å². The van der Waals surface area contributed by atoms with Gasteiger partial charge in [0.2, 0.25) is 0 Å². The summed E-state index contributed by atoms with van der Waals surface area (Å²) in [5.74, 6) is -0.525. The number of nitrogens with one attached hydrogen (secondary N) is 1. The summed E-state index contributed by atoms with van der Waals surface area (Å²) >= 11 is 0. The largest absolute Gasteiger partial charge is 0.477 e. The molecule has 0 saturated carbocycles. The predicted molar refractivity (Wildman–Crippen MR) is 58.6 cm³/mol. The maximum Gasteiger partial charge on any atom is 0.354 e. The van der Waals surface area contributed by atoms with Crippen LogP contribution >= 0.6 is 0 Å². The minimum atomic E-state index is -1.06. The molecule has 1 heterocycles. The summed E-state index contributed by atoms with van der Waals surface area (Å²) in [4.78, 5) is 14.3. The van der Waals surface area contributed by atoms with Crippen LogP contribution in [0.3, 0.4) is 0 Å². The zero-order valence-corrected chi connectivity index (χ0v) is 9.08. The Kier molecular flexibility index (Phi) is 4.23. The second-order valence-electron chi connectivity index (χ2n) is 2.94. The molecule has 0 saturated heterocycles. The van der Waals surface area contributed by atoms with Gasteiger partial charge in [-0.1, -0.05) is 0 Å². The molecule has 0 fully saturated rings. The van der Waals surface area contributed by atoms with Crippen molar-refractivity contribution >= 4 is 22.5 Å². The Labute approximate surface area is 90.0 Å². The van der Waals surface area contributed by atoms with Crippen molar-refractivity contribution in [3.8, 4) is 0 Å². The number of anilines is 1.